The Morgan fingerprint density at radius 1 is 1.13 bits per heavy atom. The van der Waals surface area contributed by atoms with Gasteiger partial charge in [0.25, 0.3) is 0 Å². The molecule has 1 N–H and O–H groups in total. The summed E-state index contributed by atoms with van der Waals surface area (Å²) < 4.78 is 4.76. The molecule has 0 aliphatic carbocycles. The normalized spacial score (nSPS) is 14.2. The Kier molecular flexibility index (Phi) is 6.66. The van der Waals surface area contributed by atoms with Crippen LogP contribution in [0.2, 0.25) is 0 Å². The molecule has 31 heavy (non-hydrogen) atoms. The predicted molar refractivity (Wildman–Crippen MR) is 122 cm³/mol. The summed E-state index contributed by atoms with van der Waals surface area (Å²) in [5.74, 6) is 2.20. The number of thioether (sulfide) groups is 1. The molecule has 160 valence electrons. The molecule has 1 saturated heterocycles. The first kappa shape index (κ1) is 21.1. The number of carbonyl (C=O) groups is 2. The van der Waals surface area contributed by atoms with Gasteiger partial charge in [0.1, 0.15) is 6.54 Å². The first-order valence-corrected chi connectivity index (χ1v) is 11.4. The number of carbonyl (C=O) groups excluding carboxylic acids is 2. The largest absolute Gasteiger partial charge is 0.342 e. The molecule has 3 aromatic rings. The van der Waals surface area contributed by atoms with E-state index in [1.807, 2.05) is 55.1 Å². The van der Waals surface area contributed by atoms with E-state index in [9.17, 15) is 9.59 Å². The number of anilines is 2. The quantitative estimate of drug-likeness (QED) is 0.624. The molecule has 0 bridgehead atoms. The second-order valence-electron chi connectivity index (χ2n) is 7.48. The van der Waals surface area contributed by atoms with E-state index in [0.717, 1.165) is 41.2 Å². The Labute approximate surface area is 185 Å². The highest BCUT2D eigenvalue weighted by molar-refractivity contribution is 7.99. The first-order chi connectivity index (χ1) is 15.1. The number of aromatic nitrogens is 2. The third-order valence-electron chi connectivity index (χ3n) is 5.33. The van der Waals surface area contributed by atoms with Crippen molar-refractivity contribution in [3.05, 3.63) is 60.5 Å². The lowest BCUT2D eigenvalue weighted by Gasteiger charge is -2.30. The molecule has 2 heterocycles. The SMILES string of the molecule is Cc1ccccc1N(CC(=O)Nc1ccc(-c2ncon2)cc1)C(=O)C1CCSCC1. The number of para-hydroxylation sites is 1. The third-order valence-corrected chi connectivity index (χ3v) is 6.38. The fourth-order valence-electron chi connectivity index (χ4n) is 3.66. The van der Waals surface area contributed by atoms with E-state index in [4.69, 9.17) is 4.52 Å². The Bertz CT molecular complexity index is 1030. The van der Waals surface area contributed by atoms with Crippen molar-refractivity contribution in [2.24, 2.45) is 5.92 Å². The first-order valence-electron chi connectivity index (χ1n) is 10.2. The van der Waals surface area contributed by atoms with Crippen molar-refractivity contribution in [3.63, 3.8) is 0 Å². The number of benzene rings is 2. The van der Waals surface area contributed by atoms with E-state index in [2.05, 4.69) is 15.5 Å². The summed E-state index contributed by atoms with van der Waals surface area (Å²) in [4.78, 5) is 31.8. The Balaban J connectivity index is 1.49. The van der Waals surface area contributed by atoms with Crippen LogP contribution in [0.25, 0.3) is 11.4 Å². The summed E-state index contributed by atoms with van der Waals surface area (Å²) in [5.41, 5.74) is 3.19. The van der Waals surface area contributed by atoms with Crippen LogP contribution in [0.5, 0.6) is 0 Å². The average molecular weight is 437 g/mol. The van der Waals surface area contributed by atoms with E-state index in [-0.39, 0.29) is 24.3 Å². The van der Waals surface area contributed by atoms with Gasteiger partial charge in [-0.1, -0.05) is 23.4 Å². The maximum absolute atomic E-state index is 13.3. The van der Waals surface area contributed by atoms with Gasteiger partial charge in [-0.3, -0.25) is 9.59 Å². The van der Waals surface area contributed by atoms with Gasteiger partial charge in [-0.15, -0.1) is 0 Å². The van der Waals surface area contributed by atoms with Gasteiger partial charge in [0.2, 0.25) is 24.0 Å². The van der Waals surface area contributed by atoms with Crippen molar-refractivity contribution >= 4 is 35.0 Å². The molecule has 4 rings (SSSR count). The molecule has 2 aromatic carbocycles. The van der Waals surface area contributed by atoms with Crippen molar-refractivity contribution in [2.75, 3.05) is 28.3 Å². The number of amides is 2. The number of nitrogens with one attached hydrogen (secondary N) is 1. The van der Waals surface area contributed by atoms with Crippen LogP contribution in [0.1, 0.15) is 18.4 Å². The van der Waals surface area contributed by atoms with E-state index >= 15 is 0 Å². The number of aryl methyl sites for hydroxylation is 1. The summed E-state index contributed by atoms with van der Waals surface area (Å²) in [7, 11) is 0. The molecule has 0 spiro atoms. The van der Waals surface area contributed by atoms with Crippen molar-refractivity contribution in [2.45, 2.75) is 19.8 Å². The van der Waals surface area contributed by atoms with E-state index in [0.29, 0.717) is 11.5 Å². The minimum Gasteiger partial charge on any atom is -0.342 e. The third kappa shape index (κ3) is 5.14. The van der Waals surface area contributed by atoms with Crippen LogP contribution in [0, 0.1) is 12.8 Å². The summed E-state index contributed by atoms with van der Waals surface area (Å²) >= 11 is 1.88. The smallest absolute Gasteiger partial charge is 0.244 e. The number of hydrogen-bond acceptors (Lipinski definition) is 6. The Hall–Kier alpha value is -3.13. The van der Waals surface area contributed by atoms with E-state index in [1.54, 1.807) is 17.0 Å². The monoisotopic (exact) mass is 436 g/mol. The molecule has 1 fully saturated rings. The average Bonchev–Trinajstić information content (AvgIpc) is 3.34. The van der Waals surface area contributed by atoms with Crippen LogP contribution in [-0.4, -0.2) is 40.0 Å². The lowest BCUT2D eigenvalue weighted by Crippen LogP contribution is -2.42. The second-order valence-corrected chi connectivity index (χ2v) is 8.70. The Morgan fingerprint density at radius 2 is 1.87 bits per heavy atom. The maximum Gasteiger partial charge on any atom is 0.244 e. The molecule has 8 heteroatoms. The van der Waals surface area contributed by atoms with Crippen LogP contribution >= 0.6 is 11.8 Å². The molecule has 0 atom stereocenters. The van der Waals surface area contributed by atoms with Gasteiger partial charge < -0.3 is 14.7 Å². The zero-order chi connectivity index (χ0) is 21.6. The van der Waals surface area contributed by atoms with Gasteiger partial charge in [0.15, 0.2) is 0 Å². The zero-order valence-electron chi connectivity index (χ0n) is 17.3. The summed E-state index contributed by atoms with van der Waals surface area (Å²) in [6, 6.07) is 14.9. The molecule has 2 amide bonds. The van der Waals surface area contributed by atoms with E-state index in [1.165, 1.54) is 6.39 Å². The van der Waals surface area contributed by atoms with Gasteiger partial charge in [0.05, 0.1) is 0 Å². The number of hydrogen-bond donors (Lipinski definition) is 1. The topological polar surface area (TPSA) is 88.3 Å². The highest BCUT2D eigenvalue weighted by Crippen LogP contribution is 2.28. The minimum atomic E-state index is -0.242. The van der Waals surface area contributed by atoms with Crippen LogP contribution < -0.4 is 10.2 Å². The number of rotatable bonds is 6. The predicted octanol–water partition coefficient (Wildman–Crippen LogP) is 4.16. The fraction of sp³-hybridized carbons (Fsp3) is 0.304. The Morgan fingerprint density at radius 3 is 2.55 bits per heavy atom. The van der Waals surface area contributed by atoms with Crippen molar-refractivity contribution < 1.29 is 14.1 Å². The molecule has 0 radical (unpaired) electrons. The molecular formula is C23H24N4O3S. The molecule has 1 aliphatic rings. The van der Waals surface area contributed by atoms with Gasteiger partial charge in [-0.05, 0) is 67.2 Å². The summed E-state index contributed by atoms with van der Waals surface area (Å²) in [6.07, 6.45) is 2.98. The lowest BCUT2D eigenvalue weighted by molar-refractivity contribution is -0.124. The van der Waals surface area contributed by atoms with Gasteiger partial charge >= 0.3 is 0 Å². The molecule has 0 saturated carbocycles. The second kappa shape index (κ2) is 9.78. The molecule has 7 nitrogen and oxygen atoms in total. The summed E-state index contributed by atoms with van der Waals surface area (Å²) in [6.45, 7) is 1.93. The van der Waals surface area contributed by atoms with Crippen molar-refractivity contribution in [1.82, 2.24) is 10.1 Å². The van der Waals surface area contributed by atoms with Gasteiger partial charge in [0, 0.05) is 22.9 Å². The maximum atomic E-state index is 13.3. The highest BCUT2D eigenvalue weighted by Gasteiger charge is 2.29. The van der Waals surface area contributed by atoms with Gasteiger partial charge in [-0.25, -0.2) is 0 Å². The van der Waals surface area contributed by atoms with Gasteiger partial charge in [-0.2, -0.15) is 16.7 Å². The van der Waals surface area contributed by atoms with Crippen LogP contribution in [0.3, 0.4) is 0 Å². The van der Waals surface area contributed by atoms with Crippen molar-refractivity contribution in [3.8, 4) is 11.4 Å². The lowest BCUT2D eigenvalue weighted by atomic mass is 10.00. The van der Waals surface area contributed by atoms with Crippen molar-refractivity contribution in [1.29, 1.82) is 0 Å². The molecule has 1 aliphatic heterocycles. The molecule has 0 unspecified atom stereocenters. The zero-order valence-corrected chi connectivity index (χ0v) is 18.1. The summed E-state index contributed by atoms with van der Waals surface area (Å²) in [5, 5.41) is 6.69. The molecular weight excluding hydrogens is 412 g/mol. The number of nitrogens with zero attached hydrogens (tertiary/aromatic N) is 3. The fourth-order valence-corrected chi connectivity index (χ4v) is 4.76. The standard InChI is InChI=1S/C23H24N4O3S/c1-16-4-2-3-5-20(16)27(23(29)18-10-12-31-13-11-18)14-21(28)25-19-8-6-17(7-9-19)22-24-15-30-26-22/h2-9,15,18H,10-14H2,1H3,(H,25,28). The van der Waals surface area contributed by atoms with Crippen LogP contribution in [0.15, 0.2) is 59.4 Å². The highest BCUT2D eigenvalue weighted by atomic mass is 32.2. The minimum absolute atomic E-state index is 0.0252. The van der Waals surface area contributed by atoms with Crippen LogP contribution in [0.4, 0.5) is 11.4 Å². The van der Waals surface area contributed by atoms with E-state index < -0.39 is 0 Å². The molecule has 1 aromatic heterocycles. The van der Waals surface area contributed by atoms with Crippen LogP contribution in [-0.2, 0) is 9.59 Å².